The Morgan fingerprint density at radius 3 is 1.69 bits per heavy atom. The normalized spacial score (nSPS) is 11.3. The molecule has 0 aliphatic carbocycles. The van der Waals surface area contributed by atoms with E-state index in [0.29, 0.717) is 56.3 Å². The second kappa shape index (κ2) is 15.8. The number of non-ortho nitro benzene ring substituents is 1. The van der Waals surface area contributed by atoms with Crippen molar-refractivity contribution in [3.63, 3.8) is 0 Å². The molecule has 0 fully saturated rings. The third kappa shape index (κ3) is 7.01. The highest BCUT2D eigenvalue weighted by Crippen LogP contribution is 2.27. The van der Waals surface area contributed by atoms with Crippen LogP contribution >= 0.6 is 0 Å². The van der Waals surface area contributed by atoms with Gasteiger partial charge < -0.3 is 0 Å². The fraction of sp³-hybridized carbons (Fsp3) is 0.0870. The number of H-pyrrole nitrogens is 2. The van der Waals surface area contributed by atoms with Crippen LogP contribution in [0.4, 0.5) is 5.69 Å². The number of rotatable bonds is 9. The lowest BCUT2D eigenvalue weighted by molar-refractivity contribution is -0.384. The van der Waals surface area contributed by atoms with Crippen molar-refractivity contribution in [1.29, 1.82) is 0 Å². The first kappa shape index (κ1) is 36.6. The number of benzene rings is 4. The smallest absolute Gasteiger partial charge is 0.271 e. The van der Waals surface area contributed by atoms with E-state index in [9.17, 15) is 19.7 Å². The SMILES string of the molecule is O=c1c2c(CCCc3ccccc3)[nH]nc2c2cccnc2n1-c1ccccc1.O=c1c2c(Cc3ccccc3)[nH]nc2c2cccnc2n1-c1cccc([N+](=O)[O-])c1. The molecule has 0 radical (unpaired) electrons. The fourth-order valence-electron chi connectivity index (χ4n) is 7.57. The molecular formula is C46H35N9O4. The lowest BCUT2D eigenvalue weighted by atomic mass is 10.1. The molecule has 0 aliphatic rings. The van der Waals surface area contributed by atoms with E-state index >= 15 is 0 Å². The maximum Gasteiger partial charge on any atom is 0.271 e. The van der Waals surface area contributed by atoms with Crippen molar-refractivity contribution in [3.8, 4) is 11.4 Å². The minimum atomic E-state index is -0.485. The van der Waals surface area contributed by atoms with Crippen molar-refractivity contribution in [1.82, 2.24) is 39.5 Å². The third-order valence-electron chi connectivity index (χ3n) is 10.3. The number of hydrogen-bond acceptors (Lipinski definition) is 8. The van der Waals surface area contributed by atoms with Crippen LogP contribution in [0.25, 0.3) is 55.2 Å². The summed E-state index contributed by atoms with van der Waals surface area (Å²) in [6, 6.07) is 43.3. The van der Waals surface area contributed by atoms with Gasteiger partial charge in [-0.25, -0.2) is 9.97 Å². The highest BCUT2D eigenvalue weighted by atomic mass is 16.6. The molecule has 0 spiro atoms. The average molecular weight is 778 g/mol. The molecule has 6 aromatic heterocycles. The van der Waals surface area contributed by atoms with Crippen molar-refractivity contribution in [2.75, 3.05) is 0 Å². The second-order valence-electron chi connectivity index (χ2n) is 14.0. The zero-order valence-corrected chi connectivity index (χ0v) is 31.5. The van der Waals surface area contributed by atoms with Crippen molar-refractivity contribution in [2.24, 2.45) is 0 Å². The topological polar surface area (TPSA) is 170 Å². The third-order valence-corrected chi connectivity index (χ3v) is 10.3. The Labute approximate surface area is 335 Å². The van der Waals surface area contributed by atoms with Crippen molar-refractivity contribution in [3.05, 3.63) is 205 Å². The summed E-state index contributed by atoms with van der Waals surface area (Å²) in [5.74, 6) is 0. The lowest BCUT2D eigenvalue weighted by Crippen LogP contribution is -2.20. The van der Waals surface area contributed by atoms with E-state index in [1.807, 2.05) is 84.9 Å². The largest absolute Gasteiger partial charge is 0.281 e. The number of aryl methyl sites for hydroxylation is 2. The second-order valence-corrected chi connectivity index (χ2v) is 14.0. The van der Waals surface area contributed by atoms with E-state index in [2.05, 4.69) is 54.6 Å². The van der Waals surface area contributed by atoms with Gasteiger partial charge in [0, 0.05) is 47.4 Å². The standard InChI is InChI=1S/C24H20N4O.C22H15N5O3/c29-24-21-20(15-7-11-17-9-3-1-4-10-17)26-27-22(21)19-14-8-16-25-23(19)28(24)18-12-5-2-6-13-18;28-22-19-18(12-14-6-2-1-3-7-14)24-25-20(19)17-10-5-11-23-21(17)26(22)15-8-4-9-16(13-15)27(29)30/h1-6,8-10,12-14,16H,7,11,15H2,(H,26,27);1-11,13H,12H2,(H,24,25). The Balaban J connectivity index is 0.000000152. The molecule has 0 atom stereocenters. The van der Waals surface area contributed by atoms with Gasteiger partial charge in [0.15, 0.2) is 0 Å². The number of nitrogens with zero attached hydrogens (tertiary/aromatic N) is 7. The molecule has 2 N–H and O–H groups in total. The van der Waals surface area contributed by atoms with Gasteiger partial charge in [0.2, 0.25) is 0 Å². The van der Waals surface area contributed by atoms with Crippen molar-refractivity contribution >= 4 is 49.6 Å². The van der Waals surface area contributed by atoms with Crippen molar-refractivity contribution in [2.45, 2.75) is 25.7 Å². The number of nitro benzene ring substituents is 1. The Morgan fingerprint density at radius 2 is 1.08 bits per heavy atom. The molecule has 0 amide bonds. The molecule has 10 rings (SSSR count). The van der Waals surface area contributed by atoms with Crippen LogP contribution in [0, 0.1) is 10.1 Å². The van der Waals surface area contributed by atoms with Crippen LogP contribution in [0.2, 0.25) is 0 Å². The minimum Gasteiger partial charge on any atom is -0.281 e. The van der Waals surface area contributed by atoms with Gasteiger partial charge >= 0.3 is 0 Å². The van der Waals surface area contributed by atoms with E-state index < -0.39 is 4.92 Å². The monoisotopic (exact) mass is 777 g/mol. The van der Waals surface area contributed by atoms with Gasteiger partial charge in [-0.3, -0.25) is 39.0 Å². The molecule has 6 heterocycles. The minimum absolute atomic E-state index is 0.0825. The number of fused-ring (bicyclic) bond motifs is 6. The first-order valence-electron chi connectivity index (χ1n) is 19.1. The Bertz CT molecular complexity index is 3250. The first-order chi connectivity index (χ1) is 29.0. The molecule has 13 heteroatoms. The molecule has 0 bridgehead atoms. The Morgan fingerprint density at radius 1 is 0.559 bits per heavy atom. The van der Waals surface area contributed by atoms with Crippen LogP contribution in [0.3, 0.4) is 0 Å². The van der Waals surface area contributed by atoms with Gasteiger partial charge in [0.05, 0.1) is 32.8 Å². The molecule has 59 heavy (non-hydrogen) atoms. The van der Waals surface area contributed by atoms with Crippen LogP contribution in [-0.2, 0) is 19.3 Å². The fourth-order valence-corrected chi connectivity index (χ4v) is 7.57. The molecule has 288 valence electrons. The number of nitro groups is 1. The van der Waals surface area contributed by atoms with E-state index in [0.717, 1.165) is 41.6 Å². The summed E-state index contributed by atoms with van der Waals surface area (Å²) in [5, 5.41) is 28.9. The Hall–Kier alpha value is -8.06. The number of pyridine rings is 4. The summed E-state index contributed by atoms with van der Waals surface area (Å²) in [6.07, 6.45) is 6.47. The van der Waals surface area contributed by atoms with Gasteiger partial charge in [-0.05, 0) is 72.9 Å². The summed E-state index contributed by atoms with van der Waals surface area (Å²) in [7, 11) is 0. The first-order valence-corrected chi connectivity index (χ1v) is 19.1. The number of aromatic amines is 2. The number of nitrogens with one attached hydrogen (secondary N) is 2. The van der Waals surface area contributed by atoms with Gasteiger partial charge in [-0.15, -0.1) is 0 Å². The molecule has 10 aromatic rings. The van der Waals surface area contributed by atoms with E-state index in [-0.39, 0.29) is 16.8 Å². The molecule has 0 unspecified atom stereocenters. The summed E-state index contributed by atoms with van der Waals surface area (Å²) in [5.41, 5.74) is 6.84. The number of para-hydroxylation sites is 1. The zero-order chi connectivity index (χ0) is 40.3. The number of hydrogen-bond donors (Lipinski definition) is 2. The lowest BCUT2D eigenvalue weighted by Gasteiger charge is -2.10. The summed E-state index contributed by atoms with van der Waals surface area (Å²) in [6.45, 7) is 0. The summed E-state index contributed by atoms with van der Waals surface area (Å²) < 4.78 is 3.10. The quantitative estimate of drug-likeness (QED) is 0.109. The van der Waals surface area contributed by atoms with E-state index in [4.69, 9.17) is 0 Å². The average Bonchev–Trinajstić information content (AvgIpc) is 3.91. The zero-order valence-electron chi connectivity index (χ0n) is 31.5. The van der Waals surface area contributed by atoms with Gasteiger partial charge in [-0.2, -0.15) is 10.2 Å². The van der Waals surface area contributed by atoms with Crippen molar-refractivity contribution < 1.29 is 4.92 Å². The number of aromatic nitrogens is 8. The molecule has 0 saturated heterocycles. The van der Waals surface area contributed by atoms with Crippen LogP contribution in [0.5, 0.6) is 0 Å². The Kier molecular flexibility index (Phi) is 9.81. The molecule has 0 aliphatic heterocycles. The van der Waals surface area contributed by atoms with Crippen LogP contribution < -0.4 is 11.1 Å². The van der Waals surface area contributed by atoms with E-state index in [1.165, 1.54) is 22.3 Å². The predicted molar refractivity (Wildman–Crippen MR) is 228 cm³/mol. The van der Waals surface area contributed by atoms with Gasteiger partial charge in [-0.1, -0.05) is 84.9 Å². The molecule has 13 nitrogen and oxygen atoms in total. The summed E-state index contributed by atoms with van der Waals surface area (Å²) >= 11 is 0. The van der Waals surface area contributed by atoms with Crippen LogP contribution in [0.1, 0.15) is 28.9 Å². The highest BCUT2D eigenvalue weighted by Gasteiger charge is 2.21. The molecule has 0 saturated carbocycles. The van der Waals surface area contributed by atoms with Crippen LogP contribution in [-0.4, -0.2) is 44.4 Å². The van der Waals surface area contributed by atoms with Gasteiger partial charge in [0.25, 0.3) is 16.8 Å². The maximum atomic E-state index is 13.6. The molecule has 4 aromatic carbocycles. The van der Waals surface area contributed by atoms with Crippen LogP contribution in [0.15, 0.2) is 162 Å². The predicted octanol–water partition coefficient (Wildman–Crippen LogP) is 8.20. The highest BCUT2D eigenvalue weighted by molar-refractivity contribution is 6.04. The van der Waals surface area contributed by atoms with Gasteiger partial charge in [0.1, 0.15) is 22.3 Å². The summed E-state index contributed by atoms with van der Waals surface area (Å²) in [4.78, 5) is 46.7. The maximum absolute atomic E-state index is 13.6. The molecular weight excluding hydrogens is 743 g/mol. The van der Waals surface area contributed by atoms with E-state index in [1.54, 1.807) is 35.2 Å².